The van der Waals surface area contributed by atoms with Gasteiger partial charge in [-0.3, -0.25) is 9.59 Å². The first kappa shape index (κ1) is 17.1. The molecule has 1 atom stereocenters. The van der Waals surface area contributed by atoms with Crippen molar-refractivity contribution in [1.29, 1.82) is 0 Å². The first-order valence-electron chi connectivity index (χ1n) is 7.13. The Balaban J connectivity index is 2.75. The van der Waals surface area contributed by atoms with Gasteiger partial charge in [0.1, 0.15) is 5.82 Å². The molecule has 0 saturated heterocycles. The first-order valence-corrected chi connectivity index (χ1v) is 7.13. The molecule has 0 aromatic heterocycles. The zero-order chi connectivity index (χ0) is 16.0. The molecule has 0 bridgehead atoms. The van der Waals surface area contributed by atoms with Crippen LogP contribution in [-0.4, -0.2) is 17.0 Å². The number of amides is 1. The lowest BCUT2D eigenvalue weighted by Crippen LogP contribution is -2.37. The average molecular weight is 295 g/mol. The van der Waals surface area contributed by atoms with E-state index in [1.165, 1.54) is 12.1 Å². The number of benzene rings is 1. The lowest BCUT2D eigenvalue weighted by Gasteiger charge is -2.26. The lowest BCUT2D eigenvalue weighted by molar-refractivity contribution is -0.152. The van der Waals surface area contributed by atoms with Crippen LogP contribution in [0.1, 0.15) is 51.6 Å². The fourth-order valence-corrected chi connectivity index (χ4v) is 2.34. The smallest absolute Gasteiger partial charge is 0.310 e. The second kappa shape index (κ2) is 7.20. The molecule has 0 saturated carbocycles. The molecule has 1 rings (SSSR count). The van der Waals surface area contributed by atoms with Gasteiger partial charge in [-0.05, 0) is 37.5 Å². The Kier molecular flexibility index (Phi) is 5.88. The zero-order valence-electron chi connectivity index (χ0n) is 12.6. The molecule has 1 amide bonds. The Labute approximate surface area is 124 Å². The summed E-state index contributed by atoms with van der Waals surface area (Å²) in [5, 5.41) is 12.1. The van der Waals surface area contributed by atoms with E-state index in [-0.39, 0.29) is 24.2 Å². The summed E-state index contributed by atoms with van der Waals surface area (Å²) in [5.41, 5.74) is -0.386. The van der Waals surface area contributed by atoms with E-state index in [2.05, 4.69) is 5.32 Å². The van der Waals surface area contributed by atoms with Gasteiger partial charge in [0.15, 0.2) is 0 Å². The predicted molar refractivity (Wildman–Crippen MR) is 78.2 cm³/mol. The summed E-state index contributed by atoms with van der Waals surface area (Å²) in [7, 11) is 0. The highest BCUT2D eigenvalue weighted by Gasteiger charge is 2.37. The number of carbonyl (C=O) groups is 2. The lowest BCUT2D eigenvalue weighted by atomic mass is 9.79. The average Bonchev–Trinajstić information content (AvgIpc) is 2.44. The number of carboxylic acids is 1. The molecule has 0 unspecified atom stereocenters. The summed E-state index contributed by atoms with van der Waals surface area (Å²) < 4.78 is 13.2. The van der Waals surface area contributed by atoms with Crippen molar-refractivity contribution >= 4 is 11.9 Å². The van der Waals surface area contributed by atoms with Gasteiger partial charge < -0.3 is 10.4 Å². The van der Waals surface area contributed by atoms with Crippen LogP contribution in [-0.2, 0) is 9.59 Å². The van der Waals surface area contributed by atoms with Crippen molar-refractivity contribution in [3.05, 3.63) is 35.6 Å². The van der Waals surface area contributed by atoms with Crippen LogP contribution in [0.3, 0.4) is 0 Å². The molecule has 2 N–H and O–H groups in total. The maximum Gasteiger partial charge on any atom is 0.310 e. The van der Waals surface area contributed by atoms with E-state index >= 15 is 0 Å². The SMILES string of the molecule is CCC(CC)(CC(=O)N[C@H](C)c1cccc(F)c1)C(=O)O. The van der Waals surface area contributed by atoms with Crippen molar-refractivity contribution < 1.29 is 19.1 Å². The molecule has 0 fully saturated rings. The van der Waals surface area contributed by atoms with E-state index in [1.807, 2.05) is 0 Å². The molecule has 21 heavy (non-hydrogen) atoms. The minimum atomic E-state index is -1.04. The van der Waals surface area contributed by atoms with Crippen molar-refractivity contribution in [2.75, 3.05) is 0 Å². The number of carboxylic acid groups (broad SMARTS) is 1. The van der Waals surface area contributed by atoms with E-state index < -0.39 is 11.4 Å². The Morgan fingerprint density at radius 3 is 2.43 bits per heavy atom. The zero-order valence-corrected chi connectivity index (χ0v) is 12.6. The van der Waals surface area contributed by atoms with E-state index in [4.69, 9.17) is 0 Å². The Morgan fingerprint density at radius 1 is 1.33 bits per heavy atom. The van der Waals surface area contributed by atoms with Crippen molar-refractivity contribution in [3.8, 4) is 0 Å². The number of aliphatic carboxylic acids is 1. The summed E-state index contributed by atoms with van der Waals surface area (Å²) in [6, 6.07) is 5.62. The molecule has 0 aliphatic heterocycles. The minimum absolute atomic E-state index is 0.0744. The molecule has 0 aliphatic rings. The van der Waals surface area contributed by atoms with Gasteiger partial charge in [-0.1, -0.05) is 26.0 Å². The van der Waals surface area contributed by atoms with Crippen LogP contribution in [0, 0.1) is 11.2 Å². The molecule has 4 nitrogen and oxygen atoms in total. The third-order valence-electron chi connectivity index (χ3n) is 4.03. The second-order valence-electron chi connectivity index (χ2n) is 5.31. The quantitative estimate of drug-likeness (QED) is 0.811. The number of rotatable bonds is 7. The van der Waals surface area contributed by atoms with Gasteiger partial charge >= 0.3 is 5.97 Å². The van der Waals surface area contributed by atoms with Crippen LogP contribution in [0.25, 0.3) is 0 Å². The number of nitrogens with one attached hydrogen (secondary N) is 1. The topological polar surface area (TPSA) is 66.4 Å². The Morgan fingerprint density at radius 2 is 1.95 bits per heavy atom. The van der Waals surface area contributed by atoms with Crippen molar-refractivity contribution in [1.82, 2.24) is 5.32 Å². The molecule has 0 radical (unpaired) electrons. The highest BCUT2D eigenvalue weighted by Crippen LogP contribution is 2.31. The number of hydrogen-bond donors (Lipinski definition) is 2. The van der Waals surface area contributed by atoms with Crippen LogP contribution >= 0.6 is 0 Å². The largest absolute Gasteiger partial charge is 0.481 e. The van der Waals surface area contributed by atoms with Gasteiger partial charge in [0.2, 0.25) is 5.91 Å². The van der Waals surface area contributed by atoms with Crippen LogP contribution in [0.15, 0.2) is 24.3 Å². The molecule has 116 valence electrons. The summed E-state index contributed by atoms with van der Waals surface area (Å²) in [6.07, 6.45) is 0.705. The maximum absolute atomic E-state index is 13.2. The number of carbonyl (C=O) groups excluding carboxylic acids is 1. The van der Waals surface area contributed by atoms with Crippen LogP contribution in [0.5, 0.6) is 0 Å². The van der Waals surface area contributed by atoms with Crippen molar-refractivity contribution in [2.45, 2.75) is 46.1 Å². The molecular formula is C16H22FNO3. The highest BCUT2D eigenvalue weighted by molar-refractivity contribution is 5.85. The monoisotopic (exact) mass is 295 g/mol. The van der Waals surface area contributed by atoms with E-state index in [0.29, 0.717) is 18.4 Å². The third-order valence-corrected chi connectivity index (χ3v) is 4.03. The normalized spacial score (nSPS) is 12.8. The number of hydrogen-bond acceptors (Lipinski definition) is 2. The molecule has 1 aromatic carbocycles. The standard InChI is InChI=1S/C16H22FNO3/c1-4-16(5-2,15(20)21)10-14(19)18-11(3)12-7-6-8-13(17)9-12/h6-9,11H,4-5,10H2,1-3H3,(H,18,19)(H,20,21)/t11-/m1/s1. The summed E-state index contributed by atoms with van der Waals surface area (Å²) >= 11 is 0. The van der Waals surface area contributed by atoms with Crippen molar-refractivity contribution in [3.63, 3.8) is 0 Å². The molecule has 5 heteroatoms. The molecule has 1 aromatic rings. The van der Waals surface area contributed by atoms with Crippen LogP contribution < -0.4 is 5.32 Å². The highest BCUT2D eigenvalue weighted by atomic mass is 19.1. The van der Waals surface area contributed by atoms with Gasteiger partial charge in [0.25, 0.3) is 0 Å². The van der Waals surface area contributed by atoms with Gasteiger partial charge in [0, 0.05) is 6.42 Å². The third kappa shape index (κ3) is 4.28. The Bertz CT molecular complexity index is 512. The number of halogens is 1. The van der Waals surface area contributed by atoms with E-state index in [1.54, 1.807) is 32.9 Å². The summed E-state index contributed by atoms with van der Waals surface area (Å²) in [5.74, 6) is -1.66. The van der Waals surface area contributed by atoms with Gasteiger partial charge in [-0.2, -0.15) is 0 Å². The van der Waals surface area contributed by atoms with Gasteiger partial charge in [0.05, 0.1) is 11.5 Å². The fraction of sp³-hybridized carbons (Fsp3) is 0.500. The summed E-state index contributed by atoms with van der Waals surface area (Å²) in [6.45, 7) is 5.27. The maximum atomic E-state index is 13.2. The first-order chi connectivity index (χ1) is 9.84. The predicted octanol–water partition coefficient (Wildman–Crippen LogP) is 3.28. The van der Waals surface area contributed by atoms with Gasteiger partial charge in [-0.25, -0.2) is 4.39 Å². The van der Waals surface area contributed by atoms with E-state index in [0.717, 1.165) is 0 Å². The Hall–Kier alpha value is -1.91. The molecule has 0 aliphatic carbocycles. The minimum Gasteiger partial charge on any atom is -0.481 e. The molecule has 0 heterocycles. The van der Waals surface area contributed by atoms with Crippen LogP contribution in [0.2, 0.25) is 0 Å². The van der Waals surface area contributed by atoms with Crippen molar-refractivity contribution in [2.24, 2.45) is 5.41 Å². The van der Waals surface area contributed by atoms with Gasteiger partial charge in [-0.15, -0.1) is 0 Å². The second-order valence-corrected chi connectivity index (χ2v) is 5.31. The fourth-order valence-electron chi connectivity index (χ4n) is 2.34. The van der Waals surface area contributed by atoms with Crippen LogP contribution in [0.4, 0.5) is 4.39 Å². The summed E-state index contributed by atoms with van der Waals surface area (Å²) in [4.78, 5) is 23.5. The van der Waals surface area contributed by atoms with E-state index in [9.17, 15) is 19.1 Å². The molecule has 0 spiro atoms. The molecular weight excluding hydrogens is 273 g/mol.